The molecule has 0 bridgehead atoms. The number of hydrogen-bond acceptors (Lipinski definition) is 3. The molecular weight excluding hydrogens is 412 g/mol. The zero-order valence-electron chi connectivity index (χ0n) is 14.9. The van der Waals surface area contributed by atoms with Crippen molar-refractivity contribution in [3.05, 3.63) is 64.4 Å². The van der Waals surface area contributed by atoms with Crippen LogP contribution < -0.4 is 15.5 Å². The van der Waals surface area contributed by atoms with Crippen LogP contribution in [0.5, 0.6) is 0 Å². The van der Waals surface area contributed by atoms with Gasteiger partial charge in [0, 0.05) is 22.8 Å². The summed E-state index contributed by atoms with van der Waals surface area (Å²) in [6.07, 6.45) is 0.828. The van der Waals surface area contributed by atoms with Crippen molar-refractivity contribution in [2.75, 3.05) is 31.6 Å². The molecule has 4 nitrogen and oxygen atoms in total. The van der Waals surface area contributed by atoms with Crippen LogP contribution in [0.2, 0.25) is 5.02 Å². The quantitative estimate of drug-likeness (QED) is 0.700. The Morgan fingerprint density at radius 1 is 1.22 bits per heavy atom. The molecule has 148 valence electrons. The van der Waals surface area contributed by atoms with E-state index in [2.05, 4.69) is 10.6 Å². The van der Waals surface area contributed by atoms with Crippen molar-refractivity contribution in [1.29, 1.82) is 0 Å². The molecule has 0 saturated heterocycles. The molecule has 1 heterocycles. The van der Waals surface area contributed by atoms with Gasteiger partial charge in [-0.15, -0.1) is 24.8 Å². The number of anilines is 1. The maximum absolute atomic E-state index is 14.4. The first-order valence-electron chi connectivity index (χ1n) is 8.34. The third kappa shape index (κ3) is 5.33. The van der Waals surface area contributed by atoms with Crippen LogP contribution in [0.25, 0.3) is 0 Å². The van der Waals surface area contributed by atoms with Crippen molar-refractivity contribution >= 4 is 48.0 Å². The number of benzene rings is 2. The van der Waals surface area contributed by atoms with Crippen molar-refractivity contribution in [2.24, 2.45) is 0 Å². The summed E-state index contributed by atoms with van der Waals surface area (Å²) in [4.78, 5) is 14.4. The first-order valence-corrected chi connectivity index (χ1v) is 8.72. The van der Waals surface area contributed by atoms with Gasteiger partial charge in [0.05, 0.1) is 12.6 Å². The van der Waals surface area contributed by atoms with Crippen LogP contribution in [0, 0.1) is 5.82 Å². The Morgan fingerprint density at radius 3 is 2.67 bits per heavy atom. The fourth-order valence-electron chi connectivity index (χ4n) is 3.18. The standard InChI is InChI=1S/C19H21ClFN3O.2ClH/c1-22-9-4-10-24-17-8-7-13(20)11-15(17)19(23-12-18(24)25)14-5-2-3-6-16(14)21;;/h2-3,5-8,11,19,22-23H,4,9-10,12H2,1H3;2*1H. The van der Waals surface area contributed by atoms with Crippen molar-refractivity contribution in [3.8, 4) is 0 Å². The monoisotopic (exact) mass is 433 g/mol. The lowest BCUT2D eigenvalue weighted by Crippen LogP contribution is -2.37. The largest absolute Gasteiger partial charge is 0.320 e. The Balaban J connectivity index is 0.00000182. The second kappa shape index (κ2) is 10.8. The Labute approximate surface area is 176 Å². The normalized spacial score (nSPS) is 16.0. The van der Waals surface area contributed by atoms with E-state index in [1.54, 1.807) is 29.2 Å². The average molecular weight is 435 g/mol. The summed E-state index contributed by atoms with van der Waals surface area (Å²) in [5, 5.41) is 6.84. The summed E-state index contributed by atoms with van der Waals surface area (Å²) >= 11 is 6.20. The fraction of sp³-hybridized carbons (Fsp3) is 0.316. The van der Waals surface area contributed by atoms with E-state index in [4.69, 9.17) is 11.6 Å². The molecule has 1 atom stereocenters. The molecule has 3 rings (SSSR count). The summed E-state index contributed by atoms with van der Waals surface area (Å²) in [5.74, 6) is -0.333. The summed E-state index contributed by atoms with van der Waals surface area (Å²) in [6, 6.07) is 11.6. The summed E-state index contributed by atoms with van der Waals surface area (Å²) in [6.45, 7) is 1.56. The number of hydrogen-bond donors (Lipinski definition) is 2. The molecule has 27 heavy (non-hydrogen) atoms. The summed E-state index contributed by atoms with van der Waals surface area (Å²) in [7, 11) is 1.88. The van der Waals surface area contributed by atoms with Gasteiger partial charge in [-0.05, 0) is 49.8 Å². The number of fused-ring (bicyclic) bond motifs is 1. The van der Waals surface area contributed by atoms with Gasteiger partial charge < -0.3 is 10.2 Å². The van der Waals surface area contributed by atoms with Gasteiger partial charge in [0.25, 0.3) is 0 Å². The van der Waals surface area contributed by atoms with E-state index in [9.17, 15) is 9.18 Å². The first-order chi connectivity index (χ1) is 12.1. The van der Waals surface area contributed by atoms with Crippen LogP contribution in [-0.2, 0) is 4.79 Å². The highest BCUT2D eigenvalue weighted by atomic mass is 35.5. The number of carbonyl (C=O) groups is 1. The maximum atomic E-state index is 14.4. The molecule has 0 fully saturated rings. The number of rotatable bonds is 5. The smallest absolute Gasteiger partial charge is 0.240 e. The number of amides is 1. The number of carbonyl (C=O) groups excluding carboxylic acids is 1. The molecule has 2 aromatic carbocycles. The SMILES string of the molecule is CNCCCN1C(=O)CNC(c2ccccc2F)c2cc(Cl)ccc21.Cl.Cl. The van der Waals surface area contributed by atoms with Gasteiger partial charge in [-0.1, -0.05) is 29.8 Å². The van der Waals surface area contributed by atoms with Crippen molar-refractivity contribution < 1.29 is 9.18 Å². The summed E-state index contributed by atoms with van der Waals surface area (Å²) in [5.41, 5.74) is 2.10. The second-order valence-corrected chi connectivity index (χ2v) is 6.48. The van der Waals surface area contributed by atoms with E-state index in [1.165, 1.54) is 6.07 Å². The third-order valence-electron chi connectivity index (χ3n) is 4.37. The van der Waals surface area contributed by atoms with E-state index in [1.807, 2.05) is 19.2 Å². The molecule has 8 heteroatoms. The first kappa shape index (κ1) is 23.7. The molecule has 0 radical (unpaired) electrons. The van der Waals surface area contributed by atoms with E-state index >= 15 is 0 Å². The lowest BCUT2D eigenvalue weighted by atomic mass is 9.96. The molecule has 0 aromatic heterocycles. The lowest BCUT2D eigenvalue weighted by molar-refractivity contribution is -0.117. The Kier molecular flexibility index (Phi) is 9.50. The highest BCUT2D eigenvalue weighted by Gasteiger charge is 2.29. The van der Waals surface area contributed by atoms with Gasteiger partial charge in [-0.2, -0.15) is 0 Å². The number of halogens is 4. The van der Waals surface area contributed by atoms with Crippen molar-refractivity contribution in [1.82, 2.24) is 10.6 Å². The van der Waals surface area contributed by atoms with E-state index in [-0.39, 0.29) is 43.1 Å². The predicted molar refractivity (Wildman–Crippen MR) is 113 cm³/mol. The molecule has 2 N–H and O–H groups in total. The molecular formula is C19H23Cl3FN3O. The van der Waals surface area contributed by atoms with Crippen LogP contribution in [0.3, 0.4) is 0 Å². The zero-order chi connectivity index (χ0) is 17.8. The van der Waals surface area contributed by atoms with Gasteiger partial charge in [0.2, 0.25) is 5.91 Å². The van der Waals surface area contributed by atoms with Gasteiger partial charge in [0.15, 0.2) is 0 Å². The highest BCUT2D eigenvalue weighted by molar-refractivity contribution is 6.30. The van der Waals surface area contributed by atoms with E-state index in [0.29, 0.717) is 17.1 Å². The predicted octanol–water partition coefficient (Wildman–Crippen LogP) is 3.96. The van der Waals surface area contributed by atoms with Crippen LogP contribution in [0.1, 0.15) is 23.6 Å². The lowest BCUT2D eigenvalue weighted by Gasteiger charge is -2.24. The Hall–Kier alpha value is -1.37. The molecule has 2 aromatic rings. The van der Waals surface area contributed by atoms with Crippen LogP contribution in [0.4, 0.5) is 10.1 Å². The minimum Gasteiger partial charge on any atom is -0.320 e. The Bertz CT molecular complexity index is 776. The molecule has 0 aliphatic carbocycles. The molecule has 0 spiro atoms. The van der Waals surface area contributed by atoms with Gasteiger partial charge in [-0.3, -0.25) is 10.1 Å². The highest BCUT2D eigenvalue weighted by Crippen LogP contribution is 2.36. The van der Waals surface area contributed by atoms with Crippen molar-refractivity contribution in [2.45, 2.75) is 12.5 Å². The number of nitrogens with one attached hydrogen (secondary N) is 2. The summed E-state index contributed by atoms with van der Waals surface area (Å²) < 4.78 is 14.4. The topological polar surface area (TPSA) is 44.4 Å². The fourth-order valence-corrected chi connectivity index (χ4v) is 3.36. The second-order valence-electron chi connectivity index (χ2n) is 6.04. The Morgan fingerprint density at radius 2 is 1.96 bits per heavy atom. The molecule has 1 amide bonds. The minimum absolute atomic E-state index is 0. The van der Waals surface area contributed by atoms with E-state index < -0.39 is 6.04 Å². The molecule has 1 unspecified atom stereocenters. The zero-order valence-corrected chi connectivity index (χ0v) is 17.3. The third-order valence-corrected chi connectivity index (χ3v) is 4.61. The van der Waals surface area contributed by atoms with E-state index in [0.717, 1.165) is 24.2 Å². The van der Waals surface area contributed by atoms with Crippen LogP contribution >= 0.6 is 36.4 Å². The maximum Gasteiger partial charge on any atom is 0.240 e. The van der Waals surface area contributed by atoms with Crippen molar-refractivity contribution in [3.63, 3.8) is 0 Å². The van der Waals surface area contributed by atoms with Gasteiger partial charge in [-0.25, -0.2) is 4.39 Å². The molecule has 0 saturated carbocycles. The molecule has 1 aliphatic rings. The van der Waals surface area contributed by atoms with Gasteiger partial charge >= 0.3 is 0 Å². The van der Waals surface area contributed by atoms with Crippen LogP contribution in [0.15, 0.2) is 42.5 Å². The molecule has 1 aliphatic heterocycles. The average Bonchev–Trinajstić information content (AvgIpc) is 2.73. The van der Waals surface area contributed by atoms with Gasteiger partial charge in [0.1, 0.15) is 5.82 Å². The minimum atomic E-state index is -0.423. The van der Waals surface area contributed by atoms with Crippen LogP contribution in [-0.4, -0.2) is 32.6 Å². The number of nitrogens with zero attached hydrogens (tertiary/aromatic N) is 1.